The van der Waals surface area contributed by atoms with Gasteiger partial charge in [0.15, 0.2) is 0 Å². The van der Waals surface area contributed by atoms with E-state index in [0.717, 1.165) is 18.2 Å². The molecule has 0 bridgehead atoms. The maximum Gasteiger partial charge on any atom is 0.274 e. The molecule has 0 amide bonds. The van der Waals surface area contributed by atoms with E-state index in [0.29, 0.717) is 11.6 Å². The summed E-state index contributed by atoms with van der Waals surface area (Å²) in [5, 5.41) is 11.3. The minimum absolute atomic E-state index is 0.203. The van der Waals surface area contributed by atoms with Crippen LogP contribution in [0.3, 0.4) is 0 Å². The smallest absolute Gasteiger partial charge is 0.274 e. The van der Waals surface area contributed by atoms with E-state index in [4.69, 9.17) is 0 Å². The summed E-state index contributed by atoms with van der Waals surface area (Å²) in [7, 11) is 0. The Labute approximate surface area is 155 Å². The standard InChI is InChI=1S/C20H29N5O/c1-14-9-11-25(12-10-14)13-15-5-7-16(8-6-15)21-19-22-18(26)17(23-24-19)20(2,3)4/h5-8,14H,9-13H2,1-4H3,(H2,21,22,24,26). The predicted molar refractivity (Wildman–Crippen MR) is 105 cm³/mol. The van der Waals surface area contributed by atoms with Gasteiger partial charge in [0.1, 0.15) is 5.69 Å². The quantitative estimate of drug-likeness (QED) is 0.879. The Morgan fingerprint density at radius 1 is 1.15 bits per heavy atom. The maximum absolute atomic E-state index is 12.2. The van der Waals surface area contributed by atoms with Crippen molar-refractivity contribution in [2.75, 3.05) is 18.4 Å². The number of benzene rings is 1. The van der Waals surface area contributed by atoms with Crippen LogP contribution in [0, 0.1) is 5.92 Å². The van der Waals surface area contributed by atoms with Crippen molar-refractivity contribution in [1.29, 1.82) is 0 Å². The van der Waals surface area contributed by atoms with Crippen LogP contribution < -0.4 is 10.9 Å². The third kappa shape index (κ3) is 4.69. The lowest BCUT2D eigenvalue weighted by Crippen LogP contribution is -2.32. The van der Waals surface area contributed by atoms with Gasteiger partial charge in [-0.25, -0.2) is 0 Å². The molecular formula is C20H29N5O. The van der Waals surface area contributed by atoms with Gasteiger partial charge in [0, 0.05) is 17.6 Å². The number of anilines is 2. The lowest BCUT2D eigenvalue weighted by atomic mass is 9.93. The molecule has 1 saturated heterocycles. The molecule has 1 aliphatic heterocycles. The highest BCUT2D eigenvalue weighted by Gasteiger charge is 2.20. The summed E-state index contributed by atoms with van der Waals surface area (Å²) in [4.78, 5) is 17.4. The second-order valence-corrected chi connectivity index (χ2v) is 8.38. The van der Waals surface area contributed by atoms with Crippen LogP contribution in [0.15, 0.2) is 29.1 Å². The molecule has 0 aliphatic carbocycles. The van der Waals surface area contributed by atoms with Gasteiger partial charge in [0.05, 0.1) is 0 Å². The number of aromatic nitrogens is 3. The van der Waals surface area contributed by atoms with Crippen molar-refractivity contribution < 1.29 is 0 Å². The van der Waals surface area contributed by atoms with Crippen molar-refractivity contribution >= 4 is 11.6 Å². The second-order valence-electron chi connectivity index (χ2n) is 8.38. The summed E-state index contributed by atoms with van der Waals surface area (Å²) in [6.07, 6.45) is 2.58. The fourth-order valence-electron chi connectivity index (χ4n) is 3.19. The molecule has 6 heteroatoms. The molecule has 26 heavy (non-hydrogen) atoms. The first-order valence-corrected chi connectivity index (χ1v) is 9.37. The van der Waals surface area contributed by atoms with E-state index in [1.54, 1.807) is 0 Å². The molecule has 0 radical (unpaired) electrons. The summed E-state index contributed by atoms with van der Waals surface area (Å²) in [6.45, 7) is 11.5. The number of hydrogen-bond donors (Lipinski definition) is 2. The van der Waals surface area contributed by atoms with Gasteiger partial charge in [-0.3, -0.25) is 14.7 Å². The Morgan fingerprint density at radius 3 is 2.38 bits per heavy atom. The minimum atomic E-state index is -0.326. The Morgan fingerprint density at radius 2 is 1.81 bits per heavy atom. The van der Waals surface area contributed by atoms with Crippen molar-refractivity contribution in [2.45, 2.75) is 52.5 Å². The third-order valence-electron chi connectivity index (χ3n) is 4.91. The first-order chi connectivity index (χ1) is 12.3. The van der Waals surface area contributed by atoms with E-state index >= 15 is 0 Å². The van der Waals surface area contributed by atoms with Gasteiger partial charge in [0.25, 0.3) is 5.56 Å². The van der Waals surface area contributed by atoms with Gasteiger partial charge in [0.2, 0.25) is 5.95 Å². The number of nitrogens with zero attached hydrogens (tertiary/aromatic N) is 3. The monoisotopic (exact) mass is 355 g/mol. The average Bonchev–Trinajstić information content (AvgIpc) is 2.58. The number of likely N-dealkylation sites (tertiary alicyclic amines) is 1. The highest BCUT2D eigenvalue weighted by atomic mass is 16.1. The maximum atomic E-state index is 12.2. The number of rotatable bonds is 4. The molecule has 2 aromatic rings. The lowest BCUT2D eigenvalue weighted by molar-refractivity contribution is 0.185. The molecule has 1 aromatic carbocycles. The minimum Gasteiger partial charge on any atom is -0.324 e. The van der Waals surface area contributed by atoms with Crippen LogP contribution in [0.1, 0.15) is 51.8 Å². The Hall–Kier alpha value is -2.21. The topological polar surface area (TPSA) is 73.9 Å². The van der Waals surface area contributed by atoms with Gasteiger partial charge < -0.3 is 5.32 Å². The molecule has 6 nitrogen and oxygen atoms in total. The van der Waals surface area contributed by atoms with Crippen LogP contribution in [-0.4, -0.2) is 33.2 Å². The van der Waals surface area contributed by atoms with Gasteiger partial charge in [-0.1, -0.05) is 39.8 Å². The van der Waals surface area contributed by atoms with Gasteiger partial charge >= 0.3 is 0 Å². The molecule has 0 saturated carbocycles. The highest BCUT2D eigenvalue weighted by Crippen LogP contribution is 2.20. The van der Waals surface area contributed by atoms with Crippen molar-refractivity contribution in [1.82, 2.24) is 20.1 Å². The van der Waals surface area contributed by atoms with Crippen LogP contribution in [0.2, 0.25) is 0 Å². The molecule has 2 N–H and O–H groups in total. The fraction of sp³-hybridized carbons (Fsp3) is 0.550. The summed E-state index contributed by atoms with van der Waals surface area (Å²) in [5.74, 6) is 1.21. The normalized spacial score (nSPS) is 16.6. The van der Waals surface area contributed by atoms with E-state index in [-0.39, 0.29) is 11.0 Å². The molecular weight excluding hydrogens is 326 g/mol. The summed E-state index contributed by atoms with van der Waals surface area (Å²) >= 11 is 0. The number of aromatic amines is 1. The van der Waals surface area contributed by atoms with Crippen LogP contribution in [-0.2, 0) is 12.0 Å². The van der Waals surface area contributed by atoms with Crippen LogP contribution in [0.25, 0.3) is 0 Å². The van der Waals surface area contributed by atoms with E-state index in [1.165, 1.54) is 31.5 Å². The first-order valence-electron chi connectivity index (χ1n) is 9.37. The van der Waals surface area contributed by atoms with Crippen molar-refractivity contribution in [3.63, 3.8) is 0 Å². The Kier molecular flexibility index (Phi) is 5.41. The van der Waals surface area contributed by atoms with Gasteiger partial charge in [-0.2, -0.15) is 0 Å². The SMILES string of the molecule is CC1CCN(Cc2ccc(Nc3nnc(C(C)(C)C)c(=O)[nH]3)cc2)CC1. The number of piperidine rings is 1. The zero-order valence-corrected chi connectivity index (χ0v) is 16.2. The molecule has 1 fully saturated rings. The Bertz CT molecular complexity index is 783. The molecule has 0 atom stereocenters. The number of nitrogens with one attached hydrogen (secondary N) is 2. The molecule has 0 spiro atoms. The number of hydrogen-bond acceptors (Lipinski definition) is 5. The van der Waals surface area contributed by atoms with Crippen molar-refractivity contribution in [3.8, 4) is 0 Å². The summed E-state index contributed by atoms with van der Waals surface area (Å²) in [6, 6.07) is 8.27. The molecule has 3 rings (SSSR count). The number of H-pyrrole nitrogens is 1. The average molecular weight is 355 g/mol. The first kappa shape index (κ1) is 18.6. The molecule has 1 aliphatic rings. The molecule has 140 valence electrons. The third-order valence-corrected chi connectivity index (χ3v) is 4.91. The van der Waals surface area contributed by atoms with Crippen LogP contribution >= 0.6 is 0 Å². The van der Waals surface area contributed by atoms with Crippen molar-refractivity contribution in [2.24, 2.45) is 5.92 Å². The van der Waals surface area contributed by atoms with E-state index < -0.39 is 0 Å². The molecule has 2 heterocycles. The fourth-order valence-corrected chi connectivity index (χ4v) is 3.19. The lowest BCUT2D eigenvalue weighted by Gasteiger charge is -2.30. The molecule has 1 aromatic heterocycles. The Balaban J connectivity index is 1.62. The molecule has 0 unspecified atom stereocenters. The van der Waals surface area contributed by atoms with Crippen LogP contribution in [0.5, 0.6) is 0 Å². The van der Waals surface area contributed by atoms with Gasteiger partial charge in [-0.15, -0.1) is 10.2 Å². The summed E-state index contributed by atoms with van der Waals surface area (Å²) in [5.41, 5.74) is 2.09. The largest absolute Gasteiger partial charge is 0.324 e. The zero-order valence-electron chi connectivity index (χ0n) is 16.2. The second kappa shape index (κ2) is 7.58. The summed E-state index contributed by atoms with van der Waals surface area (Å²) < 4.78 is 0. The highest BCUT2D eigenvalue weighted by molar-refractivity contribution is 5.53. The van der Waals surface area contributed by atoms with E-state index in [2.05, 4.69) is 44.5 Å². The van der Waals surface area contributed by atoms with Crippen molar-refractivity contribution in [3.05, 3.63) is 45.9 Å². The predicted octanol–water partition coefficient (Wildman–Crippen LogP) is 3.44. The zero-order chi connectivity index (χ0) is 18.7. The van der Waals surface area contributed by atoms with Gasteiger partial charge in [-0.05, 0) is 49.5 Å². The van der Waals surface area contributed by atoms with E-state index in [9.17, 15) is 4.79 Å². The van der Waals surface area contributed by atoms with Crippen LogP contribution in [0.4, 0.5) is 11.6 Å². The van der Waals surface area contributed by atoms with E-state index in [1.807, 2.05) is 32.9 Å².